The highest BCUT2D eigenvalue weighted by Crippen LogP contribution is 2.27. The standard InChI is InChI=1S/C32H34N2O4/c1-32(2,3)38-23-34(30(31(35)36)20-24-10-6-4-7-11-24)27-18-19-33-29(21-27)26-14-16-28(17-15-26)37-22-25-12-8-5-9-13-25/h4-19,21,30H,20,22-23H2,1-3H3,(H,35,36)/t30-/m0/s1. The second kappa shape index (κ2) is 12.4. The molecule has 1 heterocycles. The van der Waals surface area contributed by atoms with Crippen molar-refractivity contribution in [3.05, 3.63) is 114 Å². The van der Waals surface area contributed by atoms with Crippen LogP contribution in [0.5, 0.6) is 5.75 Å². The summed E-state index contributed by atoms with van der Waals surface area (Å²) in [6, 6.07) is 30.3. The molecule has 4 rings (SSSR count). The number of benzene rings is 3. The maximum Gasteiger partial charge on any atom is 0.326 e. The molecular weight excluding hydrogens is 476 g/mol. The van der Waals surface area contributed by atoms with Gasteiger partial charge in [-0.15, -0.1) is 0 Å². The third kappa shape index (κ3) is 7.67. The maximum atomic E-state index is 12.5. The number of pyridine rings is 1. The molecule has 0 bridgehead atoms. The molecule has 0 radical (unpaired) electrons. The van der Waals surface area contributed by atoms with Gasteiger partial charge in [0.15, 0.2) is 0 Å². The molecule has 0 fully saturated rings. The average molecular weight is 511 g/mol. The second-order valence-electron chi connectivity index (χ2n) is 10.1. The van der Waals surface area contributed by atoms with E-state index in [-0.39, 0.29) is 6.73 Å². The number of nitrogens with zero attached hydrogens (tertiary/aromatic N) is 2. The summed E-state index contributed by atoms with van der Waals surface area (Å²) in [5, 5.41) is 10.2. The minimum atomic E-state index is -0.912. The van der Waals surface area contributed by atoms with E-state index in [1.54, 1.807) is 11.1 Å². The van der Waals surface area contributed by atoms with Gasteiger partial charge < -0.3 is 19.5 Å². The summed E-state index contributed by atoms with van der Waals surface area (Å²) < 4.78 is 12.0. The van der Waals surface area contributed by atoms with Crippen LogP contribution in [0.4, 0.5) is 5.69 Å². The third-order valence-electron chi connectivity index (χ3n) is 6.04. The van der Waals surface area contributed by atoms with Crippen LogP contribution >= 0.6 is 0 Å². The zero-order chi connectivity index (χ0) is 27.0. The first-order chi connectivity index (χ1) is 18.3. The van der Waals surface area contributed by atoms with Gasteiger partial charge in [-0.05, 0) is 68.3 Å². The molecule has 0 aliphatic heterocycles. The lowest BCUT2D eigenvalue weighted by molar-refractivity contribution is -0.139. The molecule has 3 aromatic carbocycles. The Kier molecular flexibility index (Phi) is 8.77. The van der Waals surface area contributed by atoms with Crippen molar-refractivity contribution in [1.82, 2.24) is 4.98 Å². The number of carboxylic acids is 1. The zero-order valence-electron chi connectivity index (χ0n) is 22.1. The topological polar surface area (TPSA) is 71.9 Å². The molecule has 0 aliphatic rings. The summed E-state index contributed by atoms with van der Waals surface area (Å²) in [6.07, 6.45) is 2.05. The molecule has 1 N–H and O–H groups in total. The molecule has 0 aliphatic carbocycles. The molecule has 0 spiro atoms. The molecule has 0 saturated carbocycles. The van der Waals surface area contributed by atoms with E-state index < -0.39 is 17.6 Å². The Balaban J connectivity index is 1.57. The van der Waals surface area contributed by atoms with E-state index in [1.165, 1.54) is 0 Å². The van der Waals surface area contributed by atoms with Crippen molar-refractivity contribution in [2.45, 2.75) is 45.4 Å². The fourth-order valence-electron chi connectivity index (χ4n) is 3.99. The number of carboxylic acid groups (broad SMARTS) is 1. The summed E-state index contributed by atoms with van der Waals surface area (Å²) in [6.45, 7) is 6.49. The zero-order valence-corrected chi connectivity index (χ0v) is 22.1. The van der Waals surface area contributed by atoms with Crippen LogP contribution in [-0.2, 0) is 22.6 Å². The van der Waals surface area contributed by atoms with Gasteiger partial charge in [0.05, 0.1) is 11.3 Å². The highest BCUT2D eigenvalue weighted by molar-refractivity contribution is 5.79. The van der Waals surface area contributed by atoms with Gasteiger partial charge in [-0.3, -0.25) is 4.98 Å². The van der Waals surface area contributed by atoms with Crippen molar-refractivity contribution in [3.8, 4) is 17.0 Å². The van der Waals surface area contributed by atoms with Gasteiger partial charge >= 0.3 is 5.97 Å². The Hall–Kier alpha value is -4.16. The van der Waals surface area contributed by atoms with Gasteiger partial charge in [0.2, 0.25) is 0 Å². The molecule has 6 heteroatoms. The van der Waals surface area contributed by atoms with E-state index in [9.17, 15) is 9.90 Å². The highest BCUT2D eigenvalue weighted by Gasteiger charge is 2.28. The van der Waals surface area contributed by atoms with E-state index in [2.05, 4.69) is 4.98 Å². The lowest BCUT2D eigenvalue weighted by atomic mass is 10.0. The first-order valence-electron chi connectivity index (χ1n) is 12.7. The Morgan fingerprint density at radius 2 is 1.53 bits per heavy atom. The van der Waals surface area contributed by atoms with Crippen molar-refractivity contribution in [1.29, 1.82) is 0 Å². The van der Waals surface area contributed by atoms with E-state index in [0.717, 1.165) is 33.8 Å². The van der Waals surface area contributed by atoms with Gasteiger partial charge in [0.1, 0.15) is 25.1 Å². The second-order valence-corrected chi connectivity index (χ2v) is 10.1. The van der Waals surface area contributed by atoms with Crippen LogP contribution in [0.25, 0.3) is 11.3 Å². The third-order valence-corrected chi connectivity index (χ3v) is 6.04. The molecule has 0 saturated heterocycles. The first-order valence-corrected chi connectivity index (χ1v) is 12.7. The lowest BCUT2D eigenvalue weighted by Gasteiger charge is -2.33. The Morgan fingerprint density at radius 3 is 2.13 bits per heavy atom. The molecule has 0 unspecified atom stereocenters. The highest BCUT2D eigenvalue weighted by atomic mass is 16.5. The van der Waals surface area contributed by atoms with Crippen LogP contribution < -0.4 is 9.64 Å². The number of anilines is 1. The van der Waals surface area contributed by atoms with Crippen LogP contribution in [0, 0.1) is 0 Å². The average Bonchev–Trinajstić information content (AvgIpc) is 2.92. The van der Waals surface area contributed by atoms with Gasteiger partial charge in [-0.2, -0.15) is 0 Å². The molecule has 4 aromatic rings. The minimum absolute atomic E-state index is 0.128. The summed E-state index contributed by atoms with van der Waals surface area (Å²) >= 11 is 0. The van der Waals surface area contributed by atoms with Crippen molar-refractivity contribution in [2.24, 2.45) is 0 Å². The number of carbonyl (C=O) groups is 1. The molecular formula is C32H34N2O4. The molecule has 0 amide bonds. The van der Waals surface area contributed by atoms with Crippen LogP contribution in [0.2, 0.25) is 0 Å². The van der Waals surface area contributed by atoms with Crippen molar-refractivity contribution >= 4 is 11.7 Å². The van der Waals surface area contributed by atoms with E-state index in [0.29, 0.717) is 13.0 Å². The van der Waals surface area contributed by atoms with Gasteiger partial charge in [0.25, 0.3) is 0 Å². The van der Waals surface area contributed by atoms with Crippen molar-refractivity contribution in [2.75, 3.05) is 11.6 Å². The van der Waals surface area contributed by atoms with E-state index in [4.69, 9.17) is 9.47 Å². The fraction of sp³-hybridized carbons (Fsp3) is 0.250. The number of ether oxygens (including phenoxy) is 2. The number of hydrogen-bond acceptors (Lipinski definition) is 5. The predicted molar refractivity (Wildman–Crippen MR) is 150 cm³/mol. The Bertz CT molecular complexity index is 1300. The lowest BCUT2D eigenvalue weighted by Crippen LogP contribution is -2.45. The first kappa shape index (κ1) is 26.9. The predicted octanol–water partition coefficient (Wildman–Crippen LogP) is 6.60. The van der Waals surface area contributed by atoms with Gasteiger partial charge in [-0.25, -0.2) is 4.79 Å². The number of hydrogen-bond donors (Lipinski definition) is 1. The van der Waals surface area contributed by atoms with Crippen LogP contribution in [0.1, 0.15) is 31.9 Å². The van der Waals surface area contributed by atoms with Gasteiger partial charge in [0, 0.05) is 23.9 Å². The quantitative estimate of drug-likeness (QED) is 0.229. The normalized spacial score (nSPS) is 12.1. The largest absolute Gasteiger partial charge is 0.489 e. The van der Waals surface area contributed by atoms with Crippen LogP contribution in [0.15, 0.2) is 103 Å². The molecule has 196 valence electrons. The van der Waals surface area contributed by atoms with E-state index in [1.807, 2.05) is 118 Å². The molecule has 1 atom stereocenters. The number of aliphatic carboxylic acids is 1. The van der Waals surface area contributed by atoms with Crippen molar-refractivity contribution in [3.63, 3.8) is 0 Å². The fourth-order valence-corrected chi connectivity index (χ4v) is 3.99. The maximum absolute atomic E-state index is 12.5. The van der Waals surface area contributed by atoms with Crippen LogP contribution in [0.3, 0.4) is 0 Å². The summed E-state index contributed by atoms with van der Waals surface area (Å²) in [7, 11) is 0. The van der Waals surface area contributed by atoms with Crippen molar-refractivity contribution < 1.29 is 19.4 Å². The monoisotopic (exact) mass is 510 g/mol. The number of rotatable bonds is 11. The smallest absolute Gasteiger partial charge is 0.326 e. The summed E-state index contributed by atoms with van der Waals surface area (Å²) in [5.74, 6) is -0.146. The molecule has 6 nitrogen and oxygen atoms in total. The Labute approximate surface area is 224 Å². The summed E-state index contributed by atoms with van der Waals surface area (Å²) in [5.41, 5.74) is 3.99. The number of aromatic nitrogens is 1. The van der Waals surface area contributed by atoms with Crippen LogP contribution in [-0.4, -0.2) is 34.4 Å². The Morgan fingerprint density at radius 1 is 0.895 bits per heavy atom. The van der Waals surface area contributed by atoms with Gasteiger partial charge in [-0.1, -0.05) is 60.7 Å². The molecule has 1 aromatic heterocycles. The van der Waals surface area contributed by atoms with E-state index >= 15 is 0 Å². The SMILES string of the molecule is CC(C)(C)OCN(c1ccnc(-c2ccc(OCc3ccccc3)cc2)c1)[C@@H](Cc1ccccc1)C(=O)O. The summed E-state index contributed by atoms with van der Waals surface area (Å²) in [4.78, 5) is 18.8. The molecule has 38 heavy (non-hydrogen) atoms. The minimum Gasteiger partial charge on any atom is -0.489 e.